The molecule has 9 heteroatoms. The third kappa shape index (κ3) is 5.37. The van der Waals surface area contributed by atoms with E-state index in [0.29, 0.717) is 11.4 Å². The first-order valence-electron chi connectivity index (χ1n) is 7.28. The highest BCUT2D eigenvalue weighted by atomic mass is 32.2. The zero-order valence-electron chi connectivity index (χ0n) is 13.7. The molecule has 0 saturated heterocycles. The van der Waals surface area contributed by atoms with E-state index in [1.54, 1.807) is 0 Å². The van der Waals surface area contributed by atoms with Gasteiger partial charge in [0, 0.05) is 19.8 Å². The van der Waals surface area contributed by atoms with Crippen LogP contribution in [0.1, 0.15) is 0 Å². The summed E-state index contributed by atoms with van der Waals surface area (Å²) in [6.07, 6.45) is 0. The quantitative estimate of drug-likeness (QED) is 0.735. The summed E-state index contributed by atoms with van der Waals surface area (Å²) >= 11 is 0. The Morgan fingerprint density at radius 3 is 1.92 bits per heavy atom. The van der Waals surface area contributed by atoms with Crippen LogP contribution in [0.2, 0.25) is 0 Å². The Labute approximate surface area is 145 Å². The van der Waals surface area contributed by atoms with Crippen LogP contribution >= 0.6 is 0 Å². The van der Waals surface area contributed by atoms with Crippen LogP contribution < -0.4 is 9.62 Å². The second kappa shape index (κ2) is 7.86. The van der Waals surface area contributed by atoms with Crippen molar-refractivity contribution in [3.8, 4) is 0 Å². The minimum atomic E-state index is -3.86. The molecule has 0 aromatic heterocycles. The lowest BCUT2D eigenvalue weighted by molar-refractivity contribution is -0.135. The van der Waals surface area contributed by atoms with Crippen molar-refractivity contribution in [2.75, 3.05) is 25.5 Å². The molecule has 0 aliphatic heterocycles. The molecule has 0 amide bonds. The first-order chi connectivity index (χ1) is 11.8. The van der Waals surface area contributed by atoms with E-state index in [0.717, 1.165) is 5.69 Å². The van der Waals surface area contributed by atoms with Gasteiger partial charge in [0.2, 0.25) is 10.0 Å². The Hall–Kier alpha value is -2.78. The van der Waals surface area contributed by atoms with Crippen LogP contribution in [0.4, 0.5) is 17.1 Å². The number of anilines is 1. The maximum atomic E-state index is 11.9. The molecule has 25 heavy (non-hydrogen) atoms. The normalized spacial score (nSPS) is 11.6. The Balaban J connectivity index is 2.08. The van der Waals surface area contributed by atoms with Gasteiger partial charge in [-0.25, -0.2) is 8.42 Å². The summed E-state index contributed by atoms with van der Waals surface area (Å²) in [5, 5.41) is 16.7. The second-order valence-corrected chi connectivity index (χ2v) is 7.09. The van der Waals surface area contributed by atoms with Gasteiger partial charge < -0.3 is 10.0 Å². The van der Waals surface area contributed by atoms with Gasteiger partial charge in [0.25, 0.3) is 0 Å². The molecule has 0 aliphatic rings. The smallest absolute Gasteiger partial charge is 0.318 e. The molecule has 2 aromatic rings. The lowest BCUT2D eigenvalue weighted by atomic mass is 10.3. The van der Waals surface area contributed by atoms with E-state index in [2.05, 4.69) is 10.2 Å². The van der Waals surface area contributed by atoms with Crippen molar-refractivity contribution in [3.63, 3.8) is 0 Å². The van der Waals surface area contributed by atoms with E-state index >= 15 is 0 Å². The molecule has 2 N–H and O–H groups in total. The maximum Gasteiger partial charge on any atom is 0.318 e. The van der Waals surface area contributed by atoms with Gasteiger partial charge in [-0.15, -0.1) is 0 Å². The first-order valence-corrected chi connectivity index (χ1v) is 8.77. The lowest BCUT2D eigenvalue weighted by Crippen LogP contribution is -2.29. The van der Waals surface area contributed by atoms with Crippen molar-refractivity contribution in [3.05, 3.63) is 48.5 Å². The molecular formula is C16H18N4O4S. The average molecular weight is 362 g/mol. The van der Waals surface area contributed by atoms with Crippen molar-refractivity contribution in [1.82, 2.24) is 4.72 Å². The number of carboxylic acid groups (broad SMARTS) is 1. The number of nitrogens with one attached hydrogen (secondary N) is 1. The number of nitrogens with zero attached hydrogens (tertiary/aromatic N) is 3. The molecule has 0 unspecified atom stereocenters. The molecule has 0 bridgehead atoms. The number of rotatable bonds is 7. The molecule has 0 saturated carbocycles. The highest BCUT2D eigenvalue weighted by Gasteiger charge is 2.14. The predicted molar refractivity (Wildman–Crippen MR) is 94.2 cm³/mol. The maximum absolute atomic E-state index is 11.9. The molecule has 0 spiro atoms. The average Bonchev–Trinajstić information content (AvgIpc) is 2.59. The SMILES string of the molecule is CN(C)c1ccc(N=Nc2ccc(S(=O)(=O)NCC(=O)O)cc2)cc1. The van der Waals surface area contributed by atoms with Crippen molar-refractivity contribution in [2.45, 2.75) is 4.90 Å². The fourth-order valence-electron chi connectivity index (χ4n) is 1.86. The summed E-state index contributed by atoms with van der Waals surface area (Å²) in [5.41, 5.74) is 2.20. The molecule has 0 fully saturated rings. The topological polar surface area (TPSA) is 111 Å². The summed E-state index contributed by atoms with van der Waals surface area (Å²) in [5.74, 6) is -1.26. The standard InChI is InChI=1S/C16H18N4O4S/c1-20(2)14-7-3-12(4-8-14)18-19-13-5-9-15(10-6-13)25(23,24)17-11-16(21)22/h3-10,17H,11H2,1-2H3,(H,21,22). The van der Waals surface area contributed by atoms with Gasteiger partial charge in [-0.1, -0.05) is 0 Å². The van der Waals surface area contributed by atoms with Crippen molar-refractivity contribution in [2.24, 2.45) is 10.2 Å². The second-order valence-electron chi connectivity index (χ2n) is 5.32. The van der Waals surface area contributed by atoms with Crippen LogP contribution in [0.25, 0.3) is 0 Å². The van der Waals surface area contributed by atoms with E-state index in [9.17, 15) is 13.2 Å². The Morgan fingerprint density at radius 2 is 1.48 bits per heavy atom. The predicted octanol–water partition coefficient (Wildman–Crippen LogP) is 2.53. The molecule has 2 aromatic carbocycles. The van der Waals surface area contributed by atoms with Gasteiger partial charge in [0.05, 0.1) is 16.3 Å². The van der Waals surface area contributed by atoms with E-state index in [4.69, 9.17) is 5.11 Å². The van der Waals surface area contributed by atoms with Gasteiger partial charge in [-0.05, 0) is 48.5 Å². The molecule has 132 valence electrons. The van der Waals surface area contributed by atoms with Crippen LogP contribution in [0.5, 0.6) is 0 Å². The zero-order valence-corrected chi connectivity index (χ0v) is 14.6. The molecule has 8 nitrogen and oxygen atoms in total. The molecule has 0 radical (unpaired) electrons. The van der Waals surface area contributed by atoms with Crippen LogP contribution in [-0.2, 0) is 14.8 Å². The molecule has 0 aliphatic carbocycles. The molecule has 0 heterocycles. The number of azo groups is 1. The van der Waals surface area contributed by atoms with Crippen molar-refractivity contribution < 1.29 is 18.3 Å². The van der Waals surface area contributed by atoms with Crippen molar-refractivity contribution >= 4 is 33.1 Å². The third-order valence-electron chi connectivity index (χ3n) is 3.21. The van der Waals surface area contributed by atoms with Gasteiger partial charge in [-0.3, -0.25) is 4.79 Å². The number of sulfonamides is 1. The highest BCUT2D eigenvalue weighted by molar-refractivity contribution is 7.89. The Kier molecular flexibility index (Phi) is 5.84. The monoisotopic (exact) mass is 362 g/mol. The van der Waals surface area contributed by atoms with Crippen LogP contribution in [0.15, 0.2) is 63.7 Å². The number of aliphatic carboxylic acids is 1. The molecular weight excluding hydrogens is 344 g/mol. The van der Waals surface area contributed by atoms with E-state index in [1.807, 2.05) is 48.0 Å². The number of carboxylic acids is 1. The number of hydrogen-bond donors (Lipinski definition) is 2. The molecule has 0 atom stereocenters. The number of hydrogen-bond acceptors (Lipinski definition) is 6. The summed E-state index contributed by atoms with van der Waals surface area (Å²) in [7, 11) is 0.0239. The minimum absolute atomic E-state index is 0.0389. The summed E-state index contributed by atoms with van der Waals surface area (Å²) < 4.78 is 25.7. The summed E-state index contributed by atoms with van der Waals surface area (Å²) in [6.45, 7) is -0.674. The van der Waals surface area contributed by atoms with E-state index in [1.165, 1.54) is 24.3 Å². The van der Waals surface area contributed by atoms with Crippen LogP contribution in [0.3, 0.4) is 0 Å². The highest BCUT2D eigenvalue weighted by Crippen LogP contribution is 2.22. The van der Waals surface area contributed by atoms with Gasteiger partial charge >= 0.3 is 5.97 Å². The number of benzene rings is 2. The van der Waals surface area contributed by atoms with Crippen molar-refractivity contribution in [1.29, 1.82) is 0 Å². The van der Waals surface area contributed by atoms with Crippen LogP contribution in [0, 0.1) is 0 Å². The Bertz CT molecular complexity index is 860. The fourth-order valence-corrected chi connectivity index (χ4v) is 2.84. The Morgan fingerprint density at radius 1 is 1.00 bits per heavy atom. The lowest BCUT2D eigenvalue weighted by Gasteiger charge is -2.11. The fraction of sp³-hybridized carbons (Fsp3) is 0.188. The third-order valence-corrected chi connectivity index (χ3v) is 4.62. The summed E-state index contributed by atoms with van der Waals surface area (Å²) in [6, 6.07) is 13.2. The van der Waals surface area contributed by atoms with Crippen LogP contribution in [-0.4, -0.2) is 40.1 Å². The summed E-state index contributed by atoms with van der Waals surface area (Å²) in [4.78, 5) is 12.4. The molecule has 2 rings (SSSR count). The largest absolute Gasteiger partial charge is 0.480 e. The van der Waals surface area contributed by atoms with Gasteiger partial charge in [0.15, 0.2) is 0 Å². The van der Waals surface area contributed by atoms with Gasteiger partial charge in [0.1, 0.15) is 6.54 Å². The van der Waals surface area contributed by atoms with E-state index < -0.39 is 22.5 Å². The first kappa shape index (κ1) is 18.6. The number of carbonyl (C=O) groups is 1. The minimum Gasteiger partial charge on any atom is -0.480 e. The zero-order chi connectivity index (χ0) is 18.4. The van der Waals surface area contributed by atoms with E-state index in [-0.39, 0.29) is 4.90 Å². The van der Waals surface area contributed by atoms with Gasteiger partial charge in [-0.2, -0.15) is 15.0 Å².